The first-order valence-corrected chi connectivity index (χ1v) is 11.0. The Hall–Kier alpha value is -2.68. The minimum atomic E-state index is -4.84. The maximum Gasteiger partial charge on any atom is 0.417 e. The van der Waals surface area contributed by atoms with Crippen LogP contribution >= 0.6 is 23.2 Å². The van der Waals surface area contributed by atoms with Gasteiger partial charge in [0.2, 0.25) is 0 Å². The third-order valence-electron chi connectivity index (χ3n) is 5.31. The van der Waals surface area contributed by atoms with E-state index in [0.29, 0.717) is 18.2 Å². The molecular formula is C24H20Cl2F3NO4. The smallest absolute Gasteiger partial charge is 0.294 e. The molecular weight excluding hydrogens is 494 g/mol. The number of carbonyl (C=O) groups excluding carboxylic acids is 3. The molecule has 0 radical (unpaired) electrons. The Kier molecular flexibility index (Phi) is 7.85. The van der Waals surface area contributed by atoms with Gasteiger partial charge in [-0.25, -0.2) is 5.06 Å². The number of ketones is 2. The number of hydrogen-bond donors (Lipinski definition) is 0. The van der Waals surface area contributed by atoms with Crippen molar-refractivity contribution in [1.29, 1.82) is 0 Å². The number of aryl methyl sites for hydroxylation is 1. The minimum Gasteiger partial charge on any atom is -0.294 e. The maximum atomic E-state index is 13.7. The topological polar surface area (TPSA) is 63.7 Å². The monoisotopic (exact) mass is 513 g/mol. The fourth-order valence-corrected chi connectivity index (χ4v) is 4.15. The minimum absolute atomic E-state index is 0.00277. The van der Waals surface area contributed by atoms with Gasteiger partial charge in [0.15, 0.2) is 11.6 Å². The van der Waals surface area contributed by atoms with Gasteiger partial charge in [-0.15, -0.1) is 0 Å². The third-order valence-corrected chi connectivity index (χ3v) is 5.75. The first kappa shape index (κ1) is 25.9. The van der Waals surface area contributed by atoms with E-state index in [1.807, 2.05) is 0 Å². The lowest BCUT2D eigenvalue weighted by Gasteiger charge is -2.13. The molecule has 1 heterocycles. The van der Waals surface area contributed by atoms with Crippen LogP contribution in [-0.2, 0) is 9.63 Å². The number of halogens is 5. The maximum absolute atomic E-state index is 13.7. The molecule has 0 saturated carbocycles. The first-order valence-electron chi connectivity index (χ1n) is 10.3. The van der Waals surface area contributed by atoms with Crippen LogP contribution in [-0.4, -0.2) is 41.9 Å². The molecule has 2 aromatic rings. The summed E-state index contributed by atoms with van der Waals surface area (Å²) in [6.45, 7) is 3.79. The predicted octanol–water partition coefficient (Wildman–Crippen LogP) is 6.11. The van der Waals surface area contributed by atoms with Gasteiger partial charge in [0.1, 0.15) is 0 Å². The van der Waals surface area contributed by atoms with Gasteiger partial charge >= 0.3 is 6.18 Å². The largest absolute Gasteiger partial charge is 0.417 e. The van der Waals surface area contributed by atoms with E-state index in [1.54, 1.807) is 13.8 Å². The van der Waals surface area contributed by atoms with Crippen LogP contribution in [0.2, 0.25) is 10.0 Å². The number of hydroxylamine groups is 2. The van der Waals surface area contributed by atoms with Gasteiger partial charge in [-0.1, -0.05) is 35.3 Å². The van der Waals surface area contributed by atoms with Crippen molar-refractivity contribution >= 4 is 46.2 Å². The van der Waals surface area contributed by atoms with E-state index in [2.05, 4.69) is 0 Å². The molecule has 3 rings (SSSR count). The van der Waals surface area contributed by atoms with Crippen molar-refractivity contribution in [2.24, 2.45) is 5.92 Å². The lowest BCUT2D eigenvalue weighted by Crippen LogP contribution is -2.27. The average Bonchev–Trinajstić information content (AvgIpc) is 3.09. The fraction of sp³-hybridized carbons (Fsp3) is 0.292. The number of rotatable bonds is 7. The Morgan fingerprint density at radius 2 is 1.76 bits per heavy atom. The number of allylic oxidation sites excluding steroid dienone is 2. The third kappa shape index (κ3) is 5.87. The van der Waals surface area contributed by atoms with Crippen LogP contribution in [0.1, 0.15) is 45.2 Å². The summed E-state index contributed by atoms with van der Waals surface area (Å²) in [7, 11) is 0. The van der Waals surface area contributed by atoms with Crippen molar-refractivity contribution in [2.45, 2.75) is 26.4 Å². The van der Waals surface area contributed by atoms with E-state index in [-0.39, 0.29) is 51.5 Å². The highest BCUT2D eigenvalue weighted by Crippen LogP contribution is 2.36. The van der Waals surface area contributed by atoms with E-state index in [0.717, 1.165) is 12.1 Å². The molecule has 1 aliphatic rings. The summed E-state index contributed by atoms with van der Waals surface area (Å²) in [4.78, 5) is 42.8. The molecule has 2 aromatic carbocycles. The molecule has 10 heteroatoms. The standard InChI is InChI=1S/C24H20Cl2F3NO4/c1-3-30-23(33)16(12-34-30)9-22(32)19-5-4-14(6-13(19)2)21(31)11-20(24(27,28)29)15-7-17(25)10-18(26)8-15/h4-8,10-11,16H,3,9,12H2,1-2H3. The second-order valence-corrected chi connectivity index (χ2v) is 8.63. The van der Waals surface area contributed by atoms with E-state index in [9.17, 15) is 27.6 Å². The van der Waals surface area contributed by atoms with Gasteiger partial charge in [0.25, 0.3) is 5.91 Å². The van der Waals surface area contributed by atoms with Gasteiger partial charge in [-0.05, 0) is 55.3 Å². The van der Waals surface area contributed by atoms with E-state index < -0.39 is 23.5 Å². The SMILES string of the molecule is CCN1OCC(CC(=O)c2ccc(C(=O)C=C(c3cc(Cl)cc(Cl)c3)C(F)(F)F)cc2C)C1=O. The molecule has 0 spiro atoms. The van der Waals surface area contributed by atoms with Crippen molar-refractivity contribution in [2.75, 3.05) is 13.2 Å². The van der Waals surface area contributed by atoms with Gasteiger partial charge in [0, 0.05) is 34.1 Å². The van der Waals surface area contributed by atoms with Gasteiger partial charge in [-0.3, -0.25) is 19.2 Å². The van der Waals surface area contributed by atoms with E-state index >= 15 is 0 Å². The molecule has 1 aliphatic heterocycles. The molecule has 1 fully saturated rings. The van der Waals surface area contributed by atoms with Crippen LogP contribution in [0.5, 0.6) is 0 Å². The predicted molar refractivity (Wildman–Crippen MR) is 122 cm³/mol. The number of alkyl halides is 3. The van der Waals surface area contributed by atoms with Gasteiger partial charge in [-0.2, -0.15) is 13.2 Å². The Labute approximate surface area is 204 Å². The van der Waals surface area contributed by atoms with Crippen molar-refractivity contribution < 1.29 is 32.4 Å². The van der Waals surface area contributed by atoms with Crippen molar-refractivity contribution in [3.05, 3.63) is 74.8 Å². The van der Waals surface area contributed by atoms with Gasteiger partial charge in [0.05, 0.1) is 18.1 Å². The Balaban J connectivity index is 1.85. The molecule has 0 N–H and O–H groups in total. The molecule has 0 bridgehead atoms. The summed E-state index contributed by atoms with van der Waals surface area (Å²) in [6.07, 6.45) is -4.43. The van der Waals surface area contributed by atoms with Crippen molar-refractivity contribution in [3.8, 4) is 0 Å². The summed E-state index contributed by atoms with van der Waals surface area (Å²) in [5.41, 5.74) is -0.879. The summed E-state index contributed by atoms with van der Waals surface area (Å²) < 4.78 is 41.0. The second-order valence-electron chi connectivity index (χ2n) is 7.76. The number of benzene rings is 2. The zero-order chi connectivity index (χ0) is 25.2. The highest BCUT2D eigenvalue weighted by Gasteiger charge is 2.36. The van der Waals surface area contributed by atoms with E-state index in [1.165, 1.54) is 29.3 Å². The summed E-state index contributed by atoms with van der Waals surface area (Å²) in [5, 5.41) is 1.19. The number of Topliss-reactive ketones (excluding diaryl/α,β-unsaturated/α-hetero) is 1. The van der Waals surface area contributed by atoms with Crippen LogP contribution in [0.15, 0.2) is 42.5 Å². The summed E-state index contributed by atoms with van der Waals surface area (Å²) in [5.74, 6) is -2.10. The number of nitrogens with zero attached hydrogens (tertiary/aromatic N) is 1. The molecule has 180 valence electrons. The molecule has 1 atom stereocenters. The molecule has 0 aliphatic carbocycles. The Morgan fingerprint density at radius 1 is 1.12 bits per heavy atom. The van der Waals surface area contributed by atoms with Gasteiger partial charge < -0.3 is 0 Å². The molecule has 1 amide bonds. The highest BCUT2D eigenvalue weighted by molar-refractivity contribution is 6.35. The second kappa shape index (κ2) is 10.3. The number of amides is 1. The normalized spacial score (nSPS) is 16.8. The van der Waals surface area contributed by atoms with Crippen LogP contribution < -0.4 is 0 Å². The van der Waals surface area contributed by atoms with Crippen molar-refractivity contribution in [1.82, 2.24) is 5.06 Å². The van der Waals surface area contributed by atoms with Crippen LogP contribution in [0.4, 0.5) is 13.2 Å². The fourth-order valence-electron chi connectivity index (χ4n) is 3.63. The first-order chi connectivity index (χ1) is 15.9. The zero-order valence-corrected chi connectivity index (χ0v) is 19.7. The molecule has 5 nitrogen and oxygen atoms in total. The average molecular weight is 514 g/mol. The highest BCUT2D eigenvalue weighted by atomic mass is 35.5. The van der Waals surface area contributed by atoms with Crippen LogP contribution in [0.25, 0.3) is 5.57 Å². The lowest BCUT2D eigenvalue weighted by molar-refractivity contribution is -0.160. The molecule has 34 heavy (non-hydrogen) atoms. The lowest BCUT2D eigenvalue weighted by atomic mass is 9.93. The summed E-state index contributed by atoms with van der Waals surface area (Å²) in [6, 6.07) is 7.42. The molecule has 1 saturated heterocycles. The summed E-state index contributed by atoms with van der Waals surface area (Å²) >= 11 is 11.6. The number of hydrogen-bond acceptors (Lipinski definition) is 4. The van der Waals surface area contributed by atoms with E-state index in [4.69, 9.17) is 28.0 Å². The number of carbonyl (C=O) groups is 3. The van der Waals surface area contributed by atoms with Crippen molar-refractivity contribution in [3.63, 3.8) is 0 Å². The quantitative estimate of drug-likeness (QED) is 0.330. The molecule has 1 unspecified atom stereocenters. The Bertz CT molecular complexity index is 1160. The molecule has 0 aromatic heterocycles. The van der Waals surface area contributed by atoms with Crippen LogP contribution in [0.3, 0.4) is 0 Å². The zero-order valence-electron chi connectivity index (χ0n) is 18.2. The Morgan fingerprint density at radius 3 is 2.29 bits per heavy atom. The van der Waals surface area contributed by atoms with Crippen LogP contribution in [0, 0.1) is 12.8 Å².